The molecule has 0 spiro atoms. The highest BCUT2D eigenvalue weighted by Gasteiger charge is 2.22. The van der Waals surface area contributed by atoms with E-state index in [4.69, 9.17) is 9.47 Å². The van der Waals surface area contributed by atoms with E-state index in [0.29, 0.717) is 12.4 Å². The Labute approximate surface area is 121 Å². The van der Waals surface area contributed by atoms with E-state index in [2.05, 4.69) is 4.72 Å². The van der Waals surface area contributed by atoms with Gasteiger partial charge in [-0.25, -0.2) is 13.1 Å². The molecule has 1 N–H and O–H groups in total. The third kappa shape index (κ3) is 4.19. The number of nitrogens with one attached hydrogen (secondary N) is 1. The molecule has 0 fully saturated rings. The molecule has 1 aromatic rings. The molecule has 1 rings (SSSR count). The minimum Gasteiger partial charge on any atom is -0.495 e. The van der Waals surface area contributed by atoms with Crippen LogP contribution in [0.1, 0.15) is 32.3 Å². The molecule has 6 heteroatoms. The molecule has 5 nitrogen and oxygen atoms in total. The average molecular weight is 301 g/mol. The van der Waals surface area contributed by atoms with E-state index in [0.717, 1.165) is 5.56 Å². The number of rotatable bonds is 7. The van der Waals surface area contributed by atoms with E-state index in [-0.39, 0.29) is 16.9 Å². The Kier molecular flexibility index (Phi) is 5.98. The van der Waals surface area contributed by atoms with Crippen molar-refractivity contribution < 1.29 is 17.9 Å². The highest BCUT2D eigenvalue weighted by molar-refractivity contribution is 7.89. The first-order valence-electron chi connectivity index (χ1n) is 6.51. The molecule has 0 heterocycles. The number of hydrogen-bond donors (Lipinski definition) is 1. The summed E-state index contributed by atoms with van der Waals surface area (Å²) in [5.74, 6) is 0.581. The fraction of sp³-hybridized carbons (Fsp3) is 0.571. The lowest BCUT2D eigenvalue weighted by Gasteiger charge is -2.16. The van der Waals surface area contributed by atoms with Crippen molar-refractivity contribution in [1.82, 2.24) is 4.72 Å². The van der Waals surface area contributed by atoms with Crippen LogP contribution in [0.5, 0.6) is 5.75 Å². The molecule has 1 aromatic carbocycles. The van der Waals surface area contributed by atoms with Gasteiger partial charge in [0.2, 0.25) is 10.0 Å². The van der Waals surface area contributed by atoms with Crippen molar-refractivity contribution in [2.45, 2.75) is 37.6 Å². The molecule has 0 bridgehead atoms. The summed E-state index contributed by atoms with van der Waals surface area (Å²) < 4.78 is 37.5. The van der Waals surface area contributed by atoms with Gasteiger partial charge in [-0.3, -0.25) is 0 Å². The van der Waals surface area contributed by atoms with E-state index >= 15 is 0 Å². The van der Waals surface area contributed by atoms with Gasteiger partial charge in [-0.05, 0) is 30.5 Å². The Morgan fingerprint density at radius 1 is 1.20 bits per heavy atom. The number of hydrogen-bond acceptors (Lipinski definition) is 4. The van der Waals surface area contributed by atoms with Crippen molar-refractivity contribution in [2.24, 2.45) is 0 Å². The summed E-state index contributed by atoms with van der Waals surface area (Å²) in [7, 11) is -0.643. The quantitative estimate of drug-likeness (QED) is 0.838. The lowest BCUT2D eigenvalue weighted by Crippen LogP contribution is -2.35. The molecule has 0 saturated heterocycles. The van der Waals surface area contributed by atoms with Crippen LogP contribution in [0, 0.1) is 0 Å². The minimum atomic E-state index is -3.64. The van der Waals surface area contributed by atoms with Gasteiger partial charge in [-0.15, -0.1) is 0 Å². The van der Waals surface area contributed by atoms with Gasteiger partial charge in [0.25, 0.3) is 0 Å². The van der Waals surface area contributed by atoms with Gasteiger partial charge in [0, 0.05) is 13.2 Å². The smallest absolute Gasteiger partial charge is 0.244 e. The van der Waals surface area contributed by atoms with Gasteiger partial charge in [-0.1, -0.05) is 19.9 Å². The Morgan fingerprint density at radius 2 is 1.85 bits per heavy atom. The molecule has 20 heavy (non-hydrogen) atoms. The van der Waals surface area contributed by atoms with Gasteiger partial charge in [0.1, 0.15) is 10.6 Å². The highest BCUT2D eigenvalue weighted by Crippen LogP contribution is 2.28. The molecule has 0 saturated carbocycles. The van der Waals surface area contributed by atoms with Crippen molar-refractivity contribution >= 4 is 10.0 Å². The molecule has 114 valence electrons. The Hall–Kier alpha value is -1.11. The SMILES string of the molecule is COC[C@@H](C)NS(=O)(=O)c1cc(C(C)C)ccc1OC. The summed E-state index contributed by atoms with van der Waals surface area (Å²) in [5, 5.41) is 0. The van der Waals surface area contributed by atoms with E-state index in [9.17, 15) is 8.42 Å². The van der Waals surface area contributed by atoms with Crippen LogP contribution in [0.2, 0.25) is 0 Å². The summed E-state index contributed by atoms with van der Waals surface area (Å²) in [6.45, 7) is 6.09. The molecule has 0 aliphatic heterocycles. The third-order valence-corrected chi connectivity index (χ3v) is 4.53. The second kappa shape index (κ2) is 7.06. The van der Waals surface area contributed by atoms with E-state index < -0.39 is 10.0 Å². The van der Waals surface area contributed by atoms with E-state index in [1.165, 1.54) is 14.2 Å². The normalized spacial score (nSPS) is 13.5. The molecule has 0 unspecified atom stereocenters. The number of sulfonamides is 1. The van der Waals surface area contributed by atoms with Crippen molar-refractivity contribution in [3.05, 3.63) is 23.8 Å². The van der Waals surface area contributed by atoms with Crippen LogP contribution in [0.3, 0.4) is 0 Å². The van der Waals surface area contributed by atoms with Crippen LogP contribution in [-0.4, -0.2) is 35.3 Å². The maximum Gasteiger partial charge on any atom is 0.244 e. The molecule has 0 aliphatic rings. The van der Waals surface area contributed by atoms with Gasteiger partial charge in [0.05, 0.1) is 13.7 Å². The second-order valence-corrected chi connectivity index (χ2v) is 6.73. The number of methoxy groups -OCH3 is 2. The van der Waals surface area contributed by atoms with Crippen molar-refractivity contribution in [2.75, 3.05) is 20.8 Å². The molecule has 0 aromatic heterocycles. The predicted molar refractivity (Wildman–Crippen MR) is 78.7 cm³/mol. The van der Waals surface area contributed by atoms with Crippen molar-refractivity contribution in [1.29, 1.82) is 0 Å². The Balaban J connectivity index is 3.18. The maximum absolute atomic E-state index is 12.4. The van der Waals surface area contributed by atoms with Crippen LogP contribution < -0.4 is 9.46 Å². The fourth-order valence-corrected chi connectivity index (χ4v) is 3.31. The van der Waals surface area contributed by atoms with Crippen LogP contribution in [0.25, 0.3) is 0 Å². The van der Waals surface area contributed by atoms with Gasteiger partial charge >= 0.3 is 0 Å². The van der Waals surface area contributed by atoms with E-state index in [1.54, 1.807) is 19.1 Å². The maximum atomic E-state index is 12.4. The van der Waals surface area contributed by atoms with Crippen LogP contribution >= 0.6 is 0 Å². The third-order valence-electron chi connectivity index (χ3n) is 2.92. The van der Waals surface area contributed by atoms with Gasteiger partial charge in [0.15, 0.2) is 0 Å². The molecular formula is C14H23NO4S. The second-order valence-electron chi connectivity index (χ2n) is 5.04. The van der Waals surface area contributed by atoms with Crippen molar-refractivity contribution in [3.8, 4) is 5.75 Å². The zero-order valence-corrected chi connectivity index (χ0v) is 13.5. The summed E-state index contributed by atoms with van der Waals surface area (Å²) in [4.78, 5) is 0.161. The summed E-state index contributed by atoms with van der Waals surface area (Å²) in [6.07, 6.45) is 0. The molecule has 0 aliphatic carbocycles. The Bertz CT molecular complexity index is 540. The van der Waals surface area contributed by atoms with Crippen molar-refractivity contribution in [3.63, 3.8) is 0 Å². The summed E-state index contributed by atoms with van der Waals surface area (Å²) in [6, 6.07) is 4.91. The average Bonchev–Trinajstić information content (AvgIpc) is 2.37. The molecule has 0 amide bonds. The predicted octanol–water partition coefficient (Wildman–Crippen LogP) is 2.13. The first-order chi connectivity index (χ1) is 9.31. The van der Waals surface area contributed by atoms with Gasteiger partial charge in [-0.2, -0.15) is 0 Å². The first kappa shape index (κ1) is 16.9. The topological polar surface area (TPSA) is 64.6 Å². The molecule has 1 atom stereocenters. The molecule has 0 radical (unpaired) electrons. The summed E-state index contributed by atoms with van der Waals surface area (Å²) >= 11 is 0. The first-order valence-corrected chi connectivity index (χ1v) is 7.99. The lowest BCUT2D eigenvalue weighted by atomic mass is 10.0. The minimum absolute atomic E-state index is 0.161. The fourth-order valence-electron chi connectivity index (χ4n) is 1.87. The van der Waals surface area contributed by atoms with E-state index in [1.807, 2.05) is 19.9 Å². The zero-order valence-electron chi connectivity index (χ0n) is 12.6. The lowest BCUT2D eigenvalue weighted by molar-refractivity contribution is 0.180. The van der Waals surface area contributed by atoms with Gasteiger partial charge < -0.3 is 9.47 Å². The number of benzene rings is 1. The van der Waals surface area contributed by atoms with Crippen LogP contribution in [0.15, 0.2) is 23.1 Å². The standard InChI is InChI=1S/C14H23NO4S/c1-10(2)12-6-7-13(19-5)14(8-12)20(16,17)15-11(3)9-18-4/h6-8,10-11,15H,9H2,1-5H3/t11-/m1/s1. The molecular weight excluding hydrogens is 278 g/mol. The Morgan fingerprint density at radius 3 is 2.35 bits per heavy atom. The largest absolute Gasteiger partial charge is 0.495 e. The monoisotopic (exact) mass is 301 g/mol. The summed E-state index contributed by atoms with van der Waals surface area (Å²) in [5.41, 5.74) is 0.950. The number of ether oxygens (including phenoxy) is 2. The zero-order chi connectivity index (χ0) is 15.3. The highest BCUT2D eigenvalue weighted by atomic mass is 32.2. The van der Waals surface area contributed by atoms with Crippen LogP contribution in [-0.2, 0) is 14.8 Å². The van der Waals surface area contributed by atoms with Crippen LogP contribution in [0.4, 0.5) is 0 Å².